The molecule has 2 aromatic rings. The lowest BCUT2D eigenvalue weighted by Crippen LogP contribution is -2.56. The normalized spacial score (nSPS) is 19.0. The van der Waals surface area contributed by atoms with E-state index >= 15 is 0 Å². The van der Waals surface area contributed by atoms with Crippen LogP contribution in [0.15, 0.2) is 18.5 Å². The molecule has 2 heterocycles. The number of piperidine rings is 1. The summed E-state index contributed by atoms with van der Waals surface area (Å²) in [4.78, 5) is 9.34. The number of hydrogen-bond acceptors (Lipinski definition) is 6. The summed E-state index contributed by atoms with van der Waals surface area (Å²) in [5.41, 5.74) is 0.974. The number of methoxy groups -OCH3 is 2. The molecule has 0 saturated carbocycles. The first kappa shape index (κ1) is 25.6. The van der Waals surface area contributed by atoms with Crippen molar-refractivity contribution in [2.75, 3.05) is 31.7 Å². The van der Waals surface area contributed by atoms with E-state index in [1.54, 1.807) is 20.5 Å². The average Bonchev–Trinajstić information content (AvgIpc) is 2.76. The summed E-state index contributed by atoms with van der Waals surface area (Å²) in [5.74, 6) is 2.93. The van der Waals surface area contributed by atoms with Crippen LogP contribution in [0.5, 0.6) is 11.5 Å². The molecule has 1 aromatic heterocycles. The van der Waals surface area contributed by atoms with Gasteiger partial charge in [-0.3, -0.25) is 0 Å². The Morgan fingerprint density at radius 1 is 1.12 bits per heavy atom. The van der Waals surface area contributed by atoms with Crippen LogP contribution >= 0.6 is 22.6 Å². The van der Waals surface area contributed by atoms with Crippen molar-refractivity contribution in [2.45, 2.75) is 53.1 Å². The molecule has 6 nitrogen and oxygen atoms in total. The molecule has 1 aliphatic rings. The maximum atomic E-state index is 6.95. The van der Waals surface area contributed by atoms with Gasteiger partial charge in [0, 0.05) is 29.0 Å². The molecule has 3 rings (SSSR count). The number of halogens is 1. The van der Waals surface area contributed by atoms with E-state index in [9.17, 15) is 0 Å². The first-order valence-corrected chi connectivity index (χ1v) is 15.6. The molecule has 2 atom stereocenters. The van der Waals surface area contributed by atoms with Gasteiger partial charge in [0.25, 0.3) is 8.32 Å². The SMILES string of the molecule is COc1cc2ncnc([Si](C)(CC(C)(C)C)ON3CCC(C(C)CI)CC3)c2cc1OC. The van der Waals surface area contributed by atoms with E-state index in [2.05, 4.69) is 66.9 Å². The van der Waals surface area contributed by atoms with Gasteiger partial charge in [-0.05, 0) is 48.7 Å². The minimum absolute atomic E-state index is 0.114. The Hall–Kier alpha value is -0.973. The molecule has 178 valence electrons. The van der Waals surface area contributed by atoms with Crippen molar-refractivity contribution < 1.29 is 14.0 Å². The number of benzene rings is 1. The first-order valence-electron chi connectivity index (χ1n) is 11.5. The highest BCUT2D eigenvalue weighted by Gasteiger charge is 2.42. The molecule has 1 aliphatic heterocycles. The number of ether oxygens (including phenoxy) is 2. The molecular weight excluding hydrogens is 533 g/mol. The highest BCUT2D eigenvalue weighted by Crippen LogP contribution is 2.35. The zero-order valence-electron chi connectivity index (χ0n) is 20.6. The van der Waals surface area contributed by atoms with Crippen molar-refractivity contribution in [1.29, 1.82) is 0 Å². The fourth-order valence-corrected chi connectivity index (χ4v) is 9.84. The van der Waals surface area contributed by atoms with Crippen molar-refractivity contribution in [2.24, 2.45) is 17.3 Å². The largest absolute Gasteiger partial charge is 0.493 e. The van der Waals surface area contributed by atoms with Crippen LogP contribution in [0.3, 0.4) is 0 Å². The van der Waals surface area contributed by atoms with Crippen LogP contribution in [0, 0.1) is 17.3 Å². The molecule has 0 spiro atoms. The Morgan fingerprint density at radius 3 is 2.31 bits per heavy atom. The van der Waals surface area contributed by atoms with Crippen molar-refractivity contribution in [3.05, 3.63) is 18.5 Å². The van der Waals surface area contributed by atoms with Gasteiger partial charge in [-0.1, -0.05) is 50.3 Å². The number of rotatable bonds is 8. The average molecular weight is 572 g/mol. The van der Waals surface area contributed by atoms with Crippen LogP contribution in [-0.2, 0) is 4.53 Å². The molecule has 0 bridgehead atoms. The van der Waals surface area contributed by atoms with Gasteiger partial charge in [0.05, 0.1) is 25.1 Å². The zero-order valence-corrected chi connectivity index (χ0v) is 23.7. The molecule has 0 radical (unpaired) electrons. The second-order valence-electron chi connectivity index (χ2n) is 10.4. The lowest BCUT2D eigenvalue weighted by atomic mass is 9.87. The number of hydroxylamine groups is 2. The van der Waals surface area contributed by atoms with E-state index in [0.717, 1.165) is 47.2 Å². The lowest BCUT2D eigenvalue weighted by Gasteiger charge is -2.41. The number of fused-ring (bicyclic) bond motifs is 1. The summed E-state index contributed by atoms with van der Waals surface area (Å²) >= 11 is 2.51. The Labute approximate surface area is 207 Å². The molecule has 8 heteroatoms. The zero-order chi connectivity index (χ0) is 23.5. The minimum Gasteiger partial charge on any atom is -0.493 e. The Bertz CT molecular complexity index is 915. The fraction of sp³-hybridized carbons (Fsp3) is 0.667. The van der Waals surface area contributed by atoms with Crippen LogP contribution in [-0.4, -0.2) is 55.1 Å². The monoisotopic (exact) mass is 571 g/mol. The fourth-order valence-electron chi connectivity index (χ4n) is 4.92. The van der Waals surface area contributed by atoms with Crippen LogP contribution in [0.4, 0.5) is 0 Å². The maximum absolute atomic E-state index is 6.95. The first-order chi connectivity index (χ1) is 15.1. The van der Waals surface area contributed by atoms with E-state index in [0.29, 0.717) is 11.5 Å². The molecule has 0 amide bonds. The summed E-state index contributed by atoms with van der Waals surface area (Å²) in [7, 11) is 0.855. The summed E-state index contributed by atoms with van der Waals surface area (Å²) in [5, 5.41) is 4.25. The third kappa shape index (κ3) is 5.93. The third-order valence-electron chi connectivity index (χ3n) is 6.39. The summed E-state index contributed by atoms with van der Waals surface area (Å²) < 4.78 is 19.3. The minimum atomic E-state index is -2.46. The van der Waals surface area contributed by atoms with E-state index in [1.807, 2.05) is 12.1 Å². The standard InChI is InChI=1S/C24H38IN3O3Si/c1-17(14-25)18-8-10-28(11-9-18)31-32(7,15-24(2,3)4)23-19-12-21(29-5)22(30-6)13-20(19)26-16-27-23/h12-13,16-18H,8-11,14-15H2,1-7H3. The number of aromatic nitrogens is 2. The predicted octanol–water partition coefficient (Wildman–Crippen LogP) is 5.19. The van der Waals surface area contributed by atoms with Crippen LogP contribution in [0.1, 0.15) is 40.5 Å². The van der Waals surface area contributed by atoms with Gasteiger partial charge in [0.15, 0.2) is 11.5 Å². The van der Waals surface area contributed by atoms with Gasteiger partial charge in [-0.15, -0.1) is 0 Å². The molecule has 0 aliphatic carbocycles. The number of nitrogens with zero attached hydrogens (tertiary/aromatic N) is 3. The van der Waals surface area contributed by atoms with Crippen molar-refractivity contribution in [3.8, 4) is 11.5 Å². The van der Waals surface area contributed by atoms with Crippen LogP contribution in [0.2, 0.25) is 12.6 Å². The van der Waals surface area contributed by atoms with Gasteiger partial charge >= 0.3 is 0 Å². The van der Waals surface area contributed by atoms with Crippen molar-refractivity contribution in [1.82, 2.24) is 15.0 Å². The summed E-state index contributed by atoms with van der Waals surface area (Å²) in [6.07, 6.45) is 4.05. The number of alkyl halides is 1. The summed E-state index contributed by atoms with van der Waals surface area (Å²) in [6, 6.07) is 4.90. The van der Waals surface area contributed by atoms with E-state index in [1.165, 1.54) is 17.3 Å². The van der Waals surface area contributed by atoms with Gasteiger partial charge in [-0.25, -0.2) is 15.0 Å². The van der Waals surface area contributed by atoms with Gasteiger partial charge in [-0.2, -0.15) is 0 Å². The van der Waals surface area contributed by atoms with E-state index in [-0.39, 0.29) is 5.41 Å². The van der Waals surface area contributed by atoms with Gasteiger partial charge < -0.3 is 14.0 Å². The Morgan fingerprint density at radius 2 is 1.75 bits per heavy atom. The molecule has 1 aromatic carbocycles. The molecule has 1 fully saturated rings. The maximum Gasteiger partial charge on any atom is 0.268 e. The van der Waals surface area contributed by atoms with Gasteiger partial charge in [0.2, 0.25) is 0 Å². The second kappa shape index (κ2) is 10.5. The summed E-state index contributed by atoms with van der Waals surface area (Å²) in [6.45, 7) is 13.5. The van der Waals surface area contributed by atoms with Crippen molar-refractivity contribution in [3.63, 3.8) is 0 Å². The smallest absolute Gasteiger partial charge is 0.268 e. The molecule has 1 saturated heterocycles. The topological polar surface area (TPSA) is 56.7 Å². The quantitative estimate of drug-likeness (QED) is 0.247. The lowest BCUT2D eigenvalue weighted by molar-refractivity contribution is -0.0943. The molecule has 32 heavy (non-hydrogen) atoms. The van der Waals surface area contributed by atoms with Crippen LogP contribution in [0.25, 0.3) is 10.9 Å². The number of hydrogen-bond donors (Lipinski definition) is 0. The molecule has 0 N–H and O–H groups in total. The molecule has 2 unspecified atom stereocenters. The van der Waals surface area contributed by atoms with E-state index < -0.39 is 8.32 Å². The Kier molecular flexibility index (Phi) is 8.44. The highest BCUT2D eigenvalue weighted by atomic mass is 127. The second-order valence-corrected chi connectivity index (χ2v) is 14.8. The Balaban J connectivity index is 1.98. The predicted molar refractivity (Wildman–Crippen MR) is 142 cm³/mol. The third-order valence-corrected chi connectivity index (χ3v) is 11.6. The van der Waals surface area contributed by atoms with Gasteiger partial charge in [0.1, 0.15) is 6.33 Å². The van der Waals surface area contributed by atoms with Crippen molar-refractivity contribution >= 4 is 47.1 Å². The molecular formula is C24H38IN3O3Si. The highest BCUT2D eigenvalue weighted by molar-refractivity contribution is 14.1. The van der Waals surface area contributed by atoms with Crippen LogP contribution < -0.4 is 14.8 Å². The van der Waals surface area contributed by atoms with E-state index in [4.69, 9.17) is 19.0 Å².